The third-order valence-electron chi connectivity index (χ3n) is 3.71. The van der Waals surface area contributed by atoms with E-state index in [9.17, 15) is 14.5 Å². The Balaban J connectivity index is 1.82. The number of hydrogen-bond acceptors (Lipinski definition) is 6. The van der Waals surface area contributed by atoms with Crippen molar-refractivity contribution in [1.82, 2.24) is 20.2 Å². The molecule has 0 radical (unpaired) electrons. The predicted octanol–water partition coefficient (Wildman–Crippen LogP) is 3.38. The Kier molecular flexibility index (Phi) is 4.32. The van der Waals surface area contributed by atoms with Crippen LogP contribution in [0.15, 0.2) is 28.3 Å². The first kappa shape index (κ1) is 14.9. The van der Waals surface area contributed by atoms with Gasteiger partial charge in [0.05, 0.1) is 21.9 Å². The molecule has 7 nitrogen and oxygen atoms in total. The number of hydrogen-bond donors (Lipinski definition) is 0. The van der Waals surface area contributed by atoms with Crippen molar-refractivity contribution < 1.29 is 9.31 Å². The maximum absolute atomic E-state index is 14.0. The summed E-state index contributed by atoms with van der Waals surface area (Å²) < 4.78 is 15.7. The van der Waals surface area contributed by atoms with E-state index in [0.29, 0.717) is 5.16 Å². The number of nitro groups is 1. The van der Waals surface area contributed by atoms with Crippen LogP contribution in [-0.4, -0.2) is 25.1 Å². The van der Waals surface area contributed by atoms with E-state index < -0.39 is 10.7 Å². The lowest BCUT2D eigenvalue weighted by Crippen LogP contribution is -2.15. The summed E-state index contributed by atoms with van der Waals surface area (Å²) in [6, 6.07) is 3.82. The van der Waals surface area contributed by atoms with Crippen molar-refractivity contribution in [2.45, 2.75) is 48.2 Å². The maximum Gasteiger partial charge on any atom is 0.272 e. The highest BCUT2D eigenvalue weighted by Gasteiger charge is 2.21. The second kappa shape index (κ2) is 6.39. The molecule has 0 unspecified atom stereocenters. The van der Waals surface area contributed by atoms with Crippen LogP contribution in [0.5, 0.6) is 0 Å². The van der Waals surface area contributed by atoms with Crippen LogP contribution in [-0.2, 0) is 0 Å². The first-order valence-corrected chi connectivity index (χ1v) is 7.86. The van der Waals surface area contributed by atoms with Gasteiger partial charge in [0.25, 0.3) is 5.69 Å². The third kappa shape index (κ3) is 3.08. The molecule has 1 fully saturated rings. The molecule has 1 aliphatic rings. The largest absolute Gasteiger partial charge is 0.272 e. The molecule has 1 saturated carbocycles. The normalized spacial score (nSPS) is 15.9. The zero-order chi connectivity index (χ0) is 15.5. The van der Waals surface area contributed by atoms with Crippen LogP contribution >= 0.6 is 11.8 Å². The molecule has 1 aromatic heterocycles. The minimum atomic E-state index is -0.641. The zero-order valence-electron chi connectivity index (χ0n) is 11.7. The van der Waals surface area contributed by atoms with E-state index >= 15 is 0 Å². The highest BCUT2D eigenvalue weighted by atomic mass is 32.2. The smallest absolute Gasteiger partial charge is 0.258 e. The molecule has 0 N–H and O–H groups in total. The van der Waals surface area contributed by atoms with Gasteiger partial charge in [-0.1, -0.05) is 19.3 Å². The van der Waals surface area contributed by atoms with Crippen molar-refractivity contribution in [3.05, 3.63) is 34.1 Å². The molecule has 0 bridgehead atoms. The van der Waals surface area contributed by atoms with Gasteiger partial charge in [-0.15, -0.1) is 5.10 Å². The molecule has 0 amide bonds. The minimum Gasteiger partial charge on any atom is -0.258 e. The molecule has 1 aromatic carbocycles. The zero-order valence-corrected chi connectivity index (χ0v) is 12.5. The van der Waals surface area contributed by atoms with Gasteiger partial charge < -0.3 is 0 Å². The summed E-state index contributed by atoms with van der Waals surface area (Å²) in [6.07, 6.45) is 5.53. The van der Waals surface area contributed by atoms with Gasteiger partial charge in [-0.2, -0.15) is 0 Å². The van der Waals surface area contributed by atoms with E-state index in [-0.39, 0.29) is 16.6 Å². The Labute approximate surface area is 130 Å². The maximum atomic E-state index is 14.0. The molecule has 0 aliphatic heterocycles. The number of aromatic nitrogens is 4. The van der Waals surface area contributed by atoms with Crippen LogP contribution < -0.4 is 0 Å². The lowest BCUT2D eigenvalue weighted by molar-refractivity contribution is -0.385. The number of rotatable bonds is 4. The van der Waals surface area contributed by atoms with Crippen LogP contribution in [0.2, 0.25) is 0 Å². The molecular formula is C13H14FN5O2S. The van der Waals surface area contributed by atoms with Crippen molar-refractivity contribution in [3.8, 4) is 0 Å². The highest BCUT2D eigenvalue weighted by molar-refractivity contribution is 7.99. The van der Waals surface area contributed by atoms with E-state index in [2.05, 4.69) is 15.5 Å². The molecule has 3 rings (SSSR count). The Morgan fingerprint density at radius 3 is 2.77 bits per heavy atom. The van der Waals surface area contributed by atoms with Crippen molar-refractivity contribution in [1.29, 1.82) is 0 Å². The van der Waals surface area contributed by atoms with Crippen LogP contribution in [0.4, 0.5) is 10.1 Å². The summed E-state index contributed by atoms with van der Waals surface area (Å²) in [7, 11) is 0. The average molecular weight is 323 g/mol. The molecule has 9 heteroatoms. The molecule has 0 saturated heterocycles. The number of tetrazole rings is 1. The van der Waals surface area contributed by atoms with E-state index in [4.69, 9.17) is 0 Å². The standard InChI is InChI=1S/C13H14FN5O2S/c14-11-8-10(19(20)21)6-7-12(11)22-13-15-16-17-18(13)9-4-2-1-3-5-9/h6-9H,1-5H2. The first-order chi connectivity index (χ1) is 10.6. The van der Waals surface area contributed by atoms with Crippen molar-refractivity contribution in [2.75, 3.05) is 0 Å². The monoisotopic (exact) mass is 323 g/mol. The van der Waals surface area contributed by atoms with Gasteiger partial charge in [-0.05, 0) is 41.1 Å². The van der Waals surface area contributed by atoms with Crippen LogP contribution in [0.25, 0.3) is 0 Å². The molecular weight excluding hydrogens is 309 g/mol. The third-order valence-corrected chi connectivity index (χ3v) is 4.71. The predicted molar refractivity (Wildman–Crippen MR) is 77.1 cm³/mol. The summed E-state index contributed by atoms with van der Waals surface area (Å²) in [5.74, 6) is -0.641. The summed E-state index contributed by atoms with van der Waals surface area (Å²) in [5.41, 5.74) is -0.270. The van der Waals surface area contributed by atoms with Crippen molar-refractivity contribution >= 4 is 17.4 Å². The topological polar surface area (TPSA) is 86.7 Å². The first-order valence-electron chi connectivity index (χ1n) is 7.05. The molecule has 2 aromatic rings. The summed E-state index contributed by atoms with van der Waals surface area (Å²) in [4.78, 5) is 10.3. The van der Waals surface area contributed by atoms with E-state index in [0.717, 1.165) is 43.5 Å². The van der Waals surface area contributed by atoms with Crippen molar-refractivity contribution in [2.24, 2.45) is 0 Å². The fourth-order valence-corrected chi connectivity index (χ4v) is 3.44. The van der Waals surface area contributed by atoms with Gasteiger partial charge in [-0.3, -0.25) is 10.1 Å². The number of halogens is 1. The second-order valence-corrected chi connectivity index (χ2v) is 6.18. The molecule has 22 heavy (non-hydrogen) atoms. The Bertz CT molecular complexity index is 687. The van der Waals surface area contributed by atoms with Gasteiger partial charge >= 0.3 is 0 Å². The van der Waals surface area contributed by atoms with E-state index in [1.54, 1.807) is 4.68 Å². The lowest BCUT2D eigenvalue weighted by Gasteiger charge is -2.21. The molecule has 0 spiro atoms. The fourth-order valence-electron chi connectivity index (χ4n) is 2.59. The van der Waals surface area contributed by atoms with Crippen LogP contribution in [0.3, 0.4) is 0 Å². The summed E-state index contributed by atoms with van der Waals surface area (Å²) in [5, 5.41) is 22.8. The van der Waals surface area contributed by atoms with Gasteiger partial charge in [0.2, 0.25) is 5.16 Å². The summed E-state index contributed by atoms with van der Waals surface area (Å²) in [6.45, 7) is 0. The lowest BCUT2D eigenvalue weighted by atomic mass is 9.96. The average Bonchev–Trinajstić information content (AvgIpc) is 2.98. The van der Waals surface area contributed by atoms with E-state index in [1.165, 1.54) is 18.6 Å². The van der Waals surface area contributed by atoms with Gasteiger partial charge in [-0.25, -0.2) is 9.07 Å². The number of benzene rings is 1. The summed E-state index contributed by atoms with van der Waals surface area (Å²) >= 11 is 1.09. The SMILES string of the molecule is O=[N+]([O-])c1ccc(Sc2nnnn2C2CCCCC2)c(F)c1. The Morgan fingerprint density at radius 2 is 2.09 bits per heavy atom. The Hall–Kier alpha value is -2.03. The molecule has 116 valence electrons. The second-order valence-electron chi connectivity index (χ2n) is 5.17. The number of non-ortho nitro benzene ring substituents is 1. The minimum absolute atomic E-state index is 0.243. The molecule has 1 heterocycles. The van der Waals surface area contributed by atoms with E-state index in [1.807, 2.05) is 0 Å². The van der Waals surface area contributed by atoms with Gasteiger partial charge in [0, 0.05) is 6.07 Å². The molecule has 0 atom stereocenters. The number of nitro benzene ring substituents is 1. The Morgan fingerprint density at radius 1 is 1.32 bits per heavy atom. The highest BCUT2D eigenvalue weighted by Crippen LogP contribution is 2.34. The van der Waals surface area contributed by atoms with Crippen LogP contribution in [0, 0.1) is 15.9 Å². The van der Waals surface area contributed by atoms with Crippen LogP contribution in [0.1, 0.15) is 38.1 Å². The molecule has 1 aliphatic carbocycles. The van der Waals surface area contributed by atoms with Gasteiger partial charge in [0.1, 0.15) is 5.82 Å². The number of nitrogens with zero attached hydrogens (tertiary/aromatic N) is 5. The van der Waals surface area contributed by atoms with Crippen molar-refractivity contribution in [3.63, 3.8) is 0 Å². The fraction of sp³-hybridized carbons (Fsp3) is 0.462. The quantitative estimate of drug-likeness (QED) is 0.633. The van der Waals surface area contributed by atoms with Gasteiger partial charge in [0.15, 0.2) is 0 Å².